The van der Waals surface area contributed by atoms with Crippen LogP contribution in [0.5, 0.6) is 0 Å². The minimum absolute atomic E-state index is 0.151. The van der Waals surface area contributed by atoms with E-state index in [2.05, 4.69) is 9.97 Å². The molecule has 2 rings (SSSR count). The van der Waals surface area contributed by atoms with Crippen molar-refractivity contribution in [2.24, 2.45) is 0 Å². The molecule has 0 aromatic carbocycles. The molecule has 0 saturated carbocycles. The van der Waals surface area contributed by atoms with Gasteiger partial charge in [0.1, 0.15) is 12.1 Å². The third-order valence-electron chi connectivity index (χ3n) is 2.61. The van der Waals surface area contributed by atoms with E-state index in [-0.39, 0.29) is 5.82 Å². The molecule has 0 aliphatic heterocycles. The Kier molecular flexibility index (Phi) is 3.09. The Hall–Kier alpha value is -1.90. The molecule has 2 aromatic rings. The van der Waals surface area contributed by atoms with Crippen LogP contribution in [0.1, 0.15) is 6.92 Å². The van der Waals surface area contributed by atoms with Crippen LogP contribution < -0.4 is 5.32 Å². The van der Waals surface area contributed by atoms with Gasteiger partial charge in [0.05, 0.1) is 10.2 Å². The molecule has 1 unspecified atom stereocenters. The average Bonchev–Trinajstić information content (AvgIpc) is 2.76. The van der Waals surface area contributed by atoms with Crippen LogP contribution in [0.3, 0.4) is 0 Å². The number of carboxylic acids is 1. The third kappa shape index (κ3) is 2.21. The van der Waals surface area contributed by atoms with E-state index in [1.165, 1.54) is 0 Å². The highest BCUT2D eigenvalue weighted by atomic mass is 32.1. The number of anilines is 1. The van der Waals surface area contributed by atoms with Gasteiger partial charge in [0.25, 0.3) is 0 Å². The molecule has 2 heterocycles. The summed E-state index contributed by atoms with van der Waals surface area (Å²) < 4.78 is 39.0. The quantitative estimate of drug-likeness (QED) is 0.908. The van der Waals surface area contributed by atoms with Gasteiger partial charge in [-0.3, -0.25) is 0 Å². The van der Waals surface area contributed by atoms with Gasteiger partial charge in [0.15, 0.2) is 0 Å². The highest BCUT2D eigenvalue weighted by Crippen LogP contribution is 2.35. The lowest BCUT2D eigenvalue weighted by Gasteiger charge is -2.29. The molecule has 0 amide bonds. The van der Waals surface area contributed by atoms with Crippen molar-refractivity contribution >= 4 is 33.3 Å². The van der Waals surface area contributed by atoms with E-state index in [1.807, 2.05) is 5.32 Å². The summed E-state index contributed by atoms with van der Waals surface area (Å²) in [5.41, 5.74) is -2.66. The lowest BCUT2D eigenvalue weighted by Crippen LogP contribution is -2.55. The normalized spacial score (nSPS) is 15.2. The zero-order valence-electron chi connectivity index (χ0n) is 9.52. The summed E-state index contributed by atoms with van der Waals surface area (Å²) in [6.07, 6.45) is -3.89. The number of aromatic nitrogens is 2. The number of thiophene rings is 1. The molecule has 0 fully saturated rings. The first-order valence-corrected chi connectivity index (χ1v) is 5.90. The zero-order chi connectivity index (χ0) is 14.3. The highest BCUT2D eigenvalue weighted by Gasteiger charge is 2.58. The maximum absolute atomic E-state index is 12.9. The molecule has 0 spiro atoms. The van der Waals surface area contributed by atoms with E-state index in [0.29, 0.717) is 17.1 Å². The van der Waals surface area contributed by atoms with Crippen LogP contribution >= 0.6 is 11.3 Å². The number of nitrogens with one attached hydrogen (secondary N) is 1. The molecule has 0 aliphatic carbocycles. The predicted octanol–water partition coefficient (Wildman–Crippen LogP) is 2.51. The second-order valence-corrected chi connectivity index (χ2v) is 4.83. The number of aliphatic carboxylic acids is 1. The Labute approximate surface area is 109 Å². The number of rotatable bonds is 3. The summed E-state index contributed by atoms with van der Waals surface area (Å²) in [5.74, 6) is -2.18. The second-order valence-electron chi connectivity index (χ2n) is 3.91. The Morgan fingerprint density at radius 2 is 2.11 bits per heavy atom. The van der Waals surface area contributed by atoms with Crippen molar-refractivity contribution in [2.45, 2.75) is 18.6 Å². The van der Waals surface area contributed by atoms with Gasteiger partial charge in [-0.15, -0.1) is 11.3 Å². The van der Waals surface area contributed by atoms with Crippen LogP contribution in [-0.2, 0) is 4.79 Å². The molecule has 0 saturated heterocycles. The average molecular weight is 291 g/mol. The van der Waals surface area contributed by atoms with Crippen LogP contribution in [0.15, 0.2) is 17.8 Å². The monoisotopic (exact) mass is 291 g/mol. The second kappa shape index (κ2) is 4.34. The van der Waals surface area contributed by atoms with E-state index < -0.39 is 17.7 Å². The van der Waals surface area contributed by atoms with Crippen molar-refractivity contribution in [2.75, 3.05) is 5.32 Å². The molecule has 0 aliphatic rings. The van der Waals surface area contributed by atoms with Gasteiger partial charge in [-0.2, -0.15) is 13.2 Å². The summed E-state index contributed by atoms with van der Waals surface area (Å²) in [6, 6.07) is 1.61. The van der Waals surface area contributed by atoms with Crippen molar-refractivity contribution in [1.29, 1.82) is 0 Å². The van der Waals surface area contributed by atoms with Gasteiger partial charge < -0.3 is 10.4 Å². The van der Waals surface area contributed by atoms with E-state index in [4.69, 9.17) is 5.11 Å². The maximum atomic E-state index is 12.9. The molecule has 0 bridgehead atoms. The first-order valence-electron chi connectivity index (χ1n) is 5.02. The molecular weight excluding hydrogens is 283 g/mol. The van der Waals surface area contributed by atoms with Gasteiger partial charge >= 0.3 is 12.1 Å². The van der Waals surface area contributed by atoms with E-state index >= 15 is 0 Å². The summed E-state index contributed by atoms with van der Waals surface area (Å²) in [7, 11) is 0. The van der Waals surface area contributed by atoms with Crippen molar-refractivity contribution in [3.63, 3.8) is 0 Å². The standard InChI is InChI=1S/C10H8F3N3O2S/c1-9(8(17)18,10(11,12)13)16-7-6-5(2-3-19-6)14-4-15-7/h2-4H,1H3,(H,17,18)(H,14,15,16). The molecular formula is C10H8F3N3O2S. The van der Waals surface area contributed by atoms with Crippen LogP contribution in [-0.4, -0.2) is 32.8 Å². The summed E-state index contributed by atoms with van der Waals surface area (Å²) in [6.45, 7) is 0.552. The number of hydrogen-bond acceptors (Lipinski definition) is 5. The highest BCUT2D eigenvalue weighted by molar-refractivity contribution is 7.17. The zero-order valence-corrected chi connectivity index (χ0v) is 10.3. The van der Waals surface area contributed by atoms with Crippen LogP contribution in [0.4, 0.5) is 19.0 Å². The fourth-order valence-electron chi connectivity index (χ4n) is 1.36. The molecule has 0 radical (unpaired) electrons. The maximum Gasteiger partial charge on any atom is 0.422 e. The first kappa shape index (κ1) is 13.5. The van der Waals surface area contributed by atoms with Gasteiger partial charge in [0, 0.05) is 0 Å². The number of hydrogen-bond donors (Lipinski definition) is 2. The van der Waals surface area contributed by atoms with Gasteiger partial charge in [-0.25, -0.2) is 14.8 Å². The Bertz CT molecular complexity index is 628. The molecule has 9 heteroatoms. The molecule has 5 nitrogen and oxygen atoms in total. The van der Waals surface area contributed by atoms with E-state index in [9.17, 15) is 18.0 Å². The fraction of sp³-hybridized carbons (Fsp3) is 0.300. The number of halogens is 3. The van der Waals surface area contributed by atoms with E-state index in [1.54, 1.807) is 11.4 Å². The van der Waals surface area contributed by atoms with Crippen LogP contribution in [0.2, 0.25) is 0 Å². The summed E-state index contributed by atoms with van der Waals surface area (Å²) in [4.78, 5) is 18.5. The van der Waals surface area contributed by atoms with Crippen molar-refractivity contribution < 1.29 is 23.1 Å². The SMILES string of the molecule is CC(Nc1ncnc2ccsc12)(C(=O)O)C(F)(F)F. The Morgan fingerprint density at radius 3 is 2.68 bits per heavy atom. The minimum atomic E-state index is -4.96. The van der Waals surface area contributed by atoms with Crippen molar-refractivity contribution in [3.8, 4) is 0 Å². The number of fused-ring (bicyclic) bond motifs is 1. The largest absolute Gasteiger partial charge is 0.479 e. The van der Waals surface area contributed by atoms with E-state index in [0.717, 1.165) is 17.7 Å². The van der Waals surface area contributed by atoms with Gasteiger partial charge in [0.2, 0.25) is 5.54 Å². The lowest BCUT2D eigenvalue weighted by molar-refractivity contribution is -0.192. The molecule has 102 valence electrons. The van der Waals surface area contributed by atoms with Crippen LogP contribution in [0, 0.1) is 0 Å². The number of carbonyl (C=O) groups is 1. The number of alkyl halides is 3. The number of carboxylic acid groups (broad SMARTS) is 1. The summed E-state index contributed by atoms with van der Waals surface area (Å²) in [5, 5.41) is 12.4. The smallest absolute Gasteiger partial charge is 0.422 e. The molecule has 19 heavy (non-hydrogen) atoms. The Morgan fingerprint density at radius 1 is 1.42 bits per heavy atom. The third-order valence-corrected chi connectivity index (χ3v) is 3.52. The first-order chi connectivity index (χ1) is 8.75. The van der Waals surface area contributed by atoms with Crippen LogP contribution in [0.25, 0.3) is 10.2 Å². The number of nitrogens with zero attached hydrogens (tertiary/aromatic N) is 2. The fourth-order valence-corrected chi connectivity index (χ4v) is 2.15. The molecule has 2 N–H and O–H groups in total. The van der Waals surface area contributed by atoms with Crippen molar-refractivity contribution in [3.05, 3.63) is 17.8 Å². The van der Waals surface area contributed by atoms with Gasteiger partial charge in [-0.1, -0.05) is 0 Å². The predicted molar refractivity (Wildman–Crippen MR) is 63.1 cm³/mol. The molecule has 2 aromatic heterocycles. The lowest BCUT2D eigenvalue weighted by atomic mass is 10.0. The topological polar surface area (TPSA) is 75.1 Å². The van der Waals surface area contributed by atoms with Gasteiger partial charge in [-0.05, 0) is 18.4 Å². The minimum Gasteiger partial charge on any atom is -0.479 e. The van der Waals surface area contributed by atoms with Crippen molar-refractivity contribution in [1.82, 2.24) is 9.97 Å². The Balaban J connectivity index is 2.48. The molecule has 1 atom stereocenters. The summed E-state index contributed by atoms with van der Waals surface area (Å²) >= 11 is 1.13.